The van der Waals surface area contributed by atoms with Crippen LogP contribution in [-0.4, -0.2) is 4.98 Å². The molecule has 1 aromatic carbocycles. The second-order valence-corrected chi connectivity index (χ2v) is 2.20. The van der Waals surface area contributed by atoms with Gasteiger partial charge in [-0.1, -0.05) is 6.07 Å². The van der Waals surface area contributed by atoms with Gasteiger partial charge in [-0.2, -0.15) is 0 Å². The molecule has 0 atom stereocenters. The number of anilines is 1. The van der Waals surface area contributed by atoms with E-state index in [9.17, 15) is 0 Å². The highest BCUT2D eigenvalue weighted by atomic mass is 14.9. The lowest BCUT2D eigenvalue weighted by Gasteiger charge is -1.86. The van der Waals surface area contributed by atoms with Gasteiger partial charge in [0.25, 0.3) is 0 Å². The number of benzene rings is 1. The molecule has 3 heteroatoms. The lowest BCUT2D eigenvalue weighted by Crippen LogP contribution is -1.98. The summed E-state index contributed by atoms with van der Waals surface area (Å²) in [6.45, 7) is 0. The lowest BCUT2D eigenvalue weighted by atomic mass is 10.3. The molecule has 0 unspecified atom stereocenters. The Balaban J connectivity index is 2.95. The summed E-state index contributed by atoms with van der Waals surface area (Å²) in [4.78, 5) is 6.03. The monoisotopic (exact) mass is 134 g/mol. The fraction of sp³-hybridized carbons (Fsp3) is 0. The maximum atomic E-state index is 5.65. The van der Waals surface area contributed by atoms with Crippen molar-refractivity contribution in [3.8, 4) is 0 Å². The Morgan fingerprint density at radius 3 is 3.10 bits per heavy atom. The number of aromatic amines is 2. The number of rotatable bonds is 0. The second-order valence-electron chi connectivity index (χ2n) is 2.20. The molecule has 0 aliphatic heterocycles. The van der Waals surface area contributed by atoms with Crippen LogP contribution in [0.4, 0.5) is 5.69 Å². The Morgan fingerprint density at radius 1 is 1.40 bits per heavy atom. The van der Waals surface area contributed by atoms with E-state index in [0.29, 0.717) is 0 Å². The number of fused-ring (bicyclic) bond motifs is 1. The van der Waals surface area contributed by atoms with Gasteiger partial charge in [0.15, 0.2) is 11.0 Å². The molecule has 2 aromatic rings. The van der Waals surface area contributed by atoms with E-state index in [1.807, 2.05) is 18.2 Å². The van der Waals surface area contributed by atoms with Crippen molar-refractivity contribution in [3.05, 3.63) is 24.5 Å². The van der Waals surface area contributed by atoms with Crippen LogP contribution in [-0.2, 0) is 0 Å². The summed E-state index contributed by atoms with van der Waals surface area (Å²) in [5.74, 6) is 0. The summed E-state index contributed by atoms with van der Waals surface area (Å²) >= 11 is 0. The minimum Gasteiger partial charge on any atom is -0.395 e. The van der Waals surface area contributed by atoms with E-state index in [2.05, 4.69) is 9.97 Å². The Labute approximate surface area is 57.9 Å². The maximum Gasteiger partial charge on any atom is 0.240 e. The zero-order valence-corrected chi connectivity index (χ0v) is 5.39. The first-order chi connectivity index (χ1) is 4.88. The van der Waals surface area contributed by atoms with Crippen LogP contribution < -0.4 is 10.7 Å². The van der Waals surface area contributed by atoms with Crippen LogP contribution in [0.5, 0.6) is 0 Å². The number of hydrogen-bond donors (Lipinski definition) is 2. The van der Waals surface area contributed by atoms with Crippen molar-refractivity contribution in [3.63, 3.8) is 0 Å². The predicted octanol–water partition coefficient (Wildman–Crippen LogP) is 0.564. The van der Waals surface area contributed by atoms with Gasteiger partial charge >= 0.3 is 0 Å². The third-order valence-electron chi connectivity index (χ3n) is 1.54. The predicted molar refractivity (Wildman–Crippen MR) is 39.3 cm³/mol. The van der Waals surface area contributed by atoms with Crippen molar-refractivity contribution in [2.45, 2.75) is 0 Å². The molecule has 1 heterocycles. The molecule has 10 heavy (non-hydrogen) atoms. The number of nitrogens with one attached hydrogen (secondary N) is 2. The second kappa shape index (κ2) is 1.73. The molecule has 0 amide bonds. The molecular formula is C7H8N3+. The number of aromatic nitrogens is 2. The Morgan fingerprint density at radius 2 is 2.30 bits per heavy atom. The van der Waals surface area contributed by atoms with Gasteiger partial charge in [0.05, 0.1) is 5.69 Å². The average Bonchev–Trinajstić information content (AvgIpc) is 2.36. The molecule has 3 nitrogen and oxygen atoms in total. The number of nitrogen functional groups attached to an aromatic ring is 1. The molecule has 4 N–H and O–H groups in total. The van der Waals surface area contributed by atoms with E-state index in [-0.39, 0.29) is 0 Å². The summed E-state index contributed by atoms with van der Waals surface area (Å²) in [7, 11) is 0. The van der Waals surface area contributed by atoms with Crippen LogP contribution >= 0.6 is 0 Å². The van der Waals surface area contributed by atoms with Crippen molar-refractivity contribution in [1.29, 1.82) is 0 Å². The van der Waals surface area contributed by atoms with Gasteiger partial charge in [-0.3, -0.25) is 0 Å². The molecule has 0 saturated carbocycles. The lowest BCUT2D eigenvalue weighted by molar-refractivity contribution is -0.343. The summed E-state index contributed by atoms with van der Waals surface area (Å²) < 4.78 is 0. The van der Waals surface area contributed by atoms with Crippen molar-refractivity contribution in [2.24, 2.45) is 0 Å². The number of para-hydroxylation sites is 1. The van der Waals surface area contributed by atoms with Gasteiger partial charge < -0.3 is 5.73 Å². The van der Waals surface area contributed by atoms with Crippen molar-refractivity contribution in [1.82, 2.24) is 4.98 Å². The molecular weight excluding hydrogens is 126 g/mol. The minimum atomic E-state index is 0.777. The van der Waals surface area contributed by atoms with Crippen LogP contribution in [0.2, 0.25) is 0 Å². The van der Waals surface area contributed by atoms with Crippen LogP contribution in [0.1, 0.15) is 0 Å². The largest absolute Gasteiger partial charge is 0.395 e. The fourth-order valence-corrected chi connectivity index (χ4v) is 1.04. The molecule has 2 rings (SSSR count). The highest BCUT2D eigenvalue weighted by Crippen LogP contribution is 2.12. The summed E-state index contributed by atoms with van der Waals surface area (Å²) in [6.07, 6.45) is 1.76. The van der Waals surface area contributed by atoms with E-state index in [4.69, 9.17) is 5.73 Å². The molecule has 0 aliphatic rings. The Hall–Kier alpha value is -1.51. The van der Waals surface area contributed by atoms with Crippen molar-refractivity contribution >= 4 is 16.7 Å². The maximum absolute atomic E-state index is 5.65. The number of H-pyrrole nitrogens is 2. The van der Waals surface area contributed by atoms with Crippen LogP contribution in [0.3, 0.4) is 0 Å². The SMILES string of the molecule is Nc1cccc2[nH]c[nH+]c12. The van der Waals surface area contributed by atoms with E-state index >= 15 is 0 Å². The quantitative estimate of drug-likeness (QED) is 0.508. The number of imidazole rings is 1. The van der Waals surface area contributed by atoms with Gasteiger partial charge in [-0.05, 0) is 12.1 Å². The average molecular weight is 134 g/mol. The standard InChI is InChI=1S/C7H7N3/c8-5-2-1-3-6-7(5)10-4-9-6/h1-4H,8H2,(H,9,10)/p+1. The van der Waals surface area contributed by atoms with Crippen LogP contribution in [0, 0.1) is 0 Å². The molecule has 1 aromatic heterocycles. The first-order valence-corrected chi connectivity index (χ1v) is 3.11. The molecule has 0 saturated heterocycles. The number of hydrogen-bond acceptors (Lipinski definition) is 1. The highest BCUT2D eigenvalue weighted by molar-refractivity contribution is 5.82. The molecule has 0 aliphatic carbocycles. The first-order valence-electron chi connectivity index (χ1n) is 3.11. The first kappa shape index (κ1) is 5.29. The molecule has 0 fully saturated rings. The highest BCUT2D eigenvalue weighted by Gasteiger charge is 2.02. The van der Waals surface area contributed by atoms with Gasteiger partial charge in [0.2, 0.25) is 6.33 Å². The summed E-state index contributed by atoms with van der Waals surface area (Å²) in [5, 5.41) is 0. The molecule has 50 valence electrons. The molecule has 0 bridgehead atoms. The Kier molecular flexibility index (Phi) is 0.917. The van der Waals surface area contributed by atoms with Gasteiger partial charge in [-0.15, -0.1) is 0 Å². The summed E-state index contributed by atoms with van der Waals surface area (Å²) in [6, 6.07) is 5.76. The van der Waals surface area contributed by atoms with Gasteiger partial charge in [0.1, 0.15) is 0 Å². The number of nitrogens with two attached hydrogens (primary N) is 1. The normalized spacial score (nSPS) is 10.4. The molecule has 0 radical (unpaired) electrons. The fourth-order valence-electron chi connectivity index (χ4n) is 1.04. The van der Waals surface area contributed by atoms with Crippen LogP contribution in [0.15, 0.2) is 24.5 Å². The van der Waals surface area contributed by atoms with Gasteiger partial charge in [0, 0.05) is 0 Å². The van der Waals surface area contributed by atoms with E-state index in [0.717, 1.165) is 16.7 Å². The topological polar surface area (TPSA) is 56.0 Å². The summed E-state index contributed by atoms with van der Waals surface area (Å²) in [5.41, 5.74) is 8.44. The van der Waals surface area contributed by atoms with E-state index in [1.165, 1.54) is 0 Å². The Bertz CT molecular complexity index is 350. The molecule has 0 spiro atoms. The van der Waals surface area contributed by atoms with Crippen molar-refractivity contribution in [2.75, 3.05) is 5.73 Å². The van der Waals surface area contributed by atoms with Crippen molar-refractivity contribution < 1.29 is 4.98 Å². The van der Waals surface area contributed by atoms with Gasteiger partial charge in [-0.25, -0.2) is 9.97 Å². The van der Waals surface area contributed by atoms with E-state index in [1.54, 1.807) is 6.33 Å². The minimum absolute atomic E-state index is 0.777. The third-order valence-corrected chi connectivity index (χ3v) is 1.54. The van der Waals surface area contributed by atoms with E-state index < -0.39 is 0 Å². The zero-order valence-electron chi connectivity index (χ0n) is 5.39. The zero-order chi connectivity index (χ0) is 6.97. The van der Waals surface area contributed by atoms with Crippen LogP contribution in [0.25, 0.3) is 11.0 Å². The third kappa shape index (κ3) is 0.572. The smallest absolute Gasteiger partial charge is 0.240 e.